The lowest BCUT2D eigenvalue weighted by atomic mass is 10.1. The van der Waals surface area contributed by atoms with Crippen LogP contribution in [0.1, 0.15) is 16.1 Å². The van der Waals surface area contributed by atoms with E-state index in [2.05, 4.69) is 10.0 Å². The van der Waals surface area contributed by atoms with E-state index in [1.54, 1.807) is 21.6 Å². The van der Waals surface area contributed by atoms with Gasteiger partial charge in [-0.05, 0) is 42.8 Å². The summed E-state index contributed by atoms with van der Waals surface area (Å²) in [6, 6.07) is 22.9. The molecule has 4 aromatic rings. The lowest BCUT2D eigenvalue weighted by molar-refractivity contribution is 0.0725. The minimum absolute atomic E-state index is 0.0416. The molecule has 11 heteroatoms. The van der Waals surface area contributed by atoms with Crippen molar-refractivity contribution in [3.63, 3.8) is 0 Å². The van der Waals surface area contributed by atoms with Gasteiger partial charge in [0, 0.05) is 44.8 Å². The van der Waals surface area contributed by atoms with Crippen molar-refractivity contribution >= 4 is 15.9 Å². The molecule has 10 nitrogen and oxygen atoms in total. The van der Waals surface area contributed by atoms with Gasteiger partial charge in [0.05, 0.1) is 23.4 Å². The van der Waals surface area contributed by atoms with Crippen LogP contribution >= 0.6 is 0 Å². The molecular weight excluding hydrogens is 542 g/mol. The van der Waals surface area contributed by atoms with Gasteiger partial charge in [-0.2, -0.15) is 0 Å². The average Bonchev–Trinajstić information content (AvgIpc) is 3.29. The molecule has 1 aliphatic heterocycles. The Bertz CT molecular complexity index is 1690. The number of carbonyl (C=O) groups is 1. The molecule has 2 N–H and O–H groups in total. The fourth-order valence-corrected chi connectivity index (χ4v) is 6.04. The molecule has 3 aromatic carbocycles. The number of aryl methyl sites for hydroxylation is 1. The van der Waals surface area contributed by atoms with Crippen molar-refractivity contribution < 1.29 is 17.9 Å². The number of rotatable bonds is 9. The number of methoxy groups -OCH3 is 1. The Balaban J connectivity index is 1.60. The van der Waals surface area contributed by atoms with E-state index >= 15 is 0 Å². The smallest absolute Gasteiger partial charge is 0.333 e. The summed E-state index contributed by atoms with van der Waals surface area (Å²) < 4.78 is 36.7. The molecule has 0 aliphatic carbocycles. The maximum atomic E-state index is 14.2. The second-order valence-electron chi connectivity index (χ2n) is 9.73. The zero-order valence-corrected chi connectivity index (χ0v) is 23.9. The van der Waals surface area contributed by atoms with Crippen LogP contribution in [0.5, 0.6) is 5.75 Å². The highest BCUT2D eigenvalue weighted by atomic mass is 32.2. The van der Waals surface area contributed by atoms with E-state index in [1.807, 2.05) is 61.5 Å². The molecule has 0 radical (unpaired) electrons. The number of carbonyl (C=O) groups excluding carboxylic acids is 1. The van der Waals surface area contributed by atoms with Crippen LogP contribution in [0, 0.1) is 6.92 Å². The first kappa shape index (κ1) is 28.3. The summed E-state index contributed by atoms with van der Waals surface area (Å²) in [5.41, 5.74) is 2.53. The summed E-state index contributed by atoms with van der Waals surface area (Å²) in [6.45, 7) is 4.08. The third-order valence-corrected chi connectivity index (χ3v) is 8.62. The molecule has 0 unspecified atom stereocenters. The van der Waals surface area contributed by atoms with E-state index in [0.717, 1.165) is 5.56 Å². The van der Waals surface area contributed by atoms with Gasteiger partial charge in [0.1, 0.15) is 11.4 Å². The molecule has 1 fully saturated rings. The van der Waals surface area contributed by atoms with E-state index in [1.165, 1.54) is 23.8 Å². The van der Waals surface area contributed by atoms with Crippen LogP contribution in [0.4, 0.5) is 0 Å². The molecule has 41 heavy (non-hydrogen) atoms. The van der Waals surface area contributed by atoms with Crippen LogP contribution in [0.2, 0.25) is 0 Å². The molecule has 2 heterocycles. The van der Waals surface area contributed by atoms with Gasteiger partial charge < -0.3 is 15.0 Å². The normalized spacial score (nSPS) is 13.8. The molecule has 0 spiro atoms. The topological polar surface area (TPSA) is 115 Å². The Morgan fingerprint density at radius 1 is 0.951 bits per heavy atom. The highest BCUT2D eigenvalue weighted by molar-refractivity contribution is 7.89. The fraction of sp³-hybridized carbons (Fsp3) is 0.267. The summed E-state index contributed by atoms with van der Waals surface area (Å²) in [6.07, 6.45) is 0. The molecular formula is C30H33N5O5S. The number of piperazine rings is 1. The number of sulfonamides is 1. The number of hydrogen-bond donors (Lipinski definition) is 2. The Morgan fingerprint density at radius 3 is 2.27 bits per heavy atom. The van der Waals surface area contributed by atoms with Crippen molar-refractivity contribution in [3.8, 4) is 22.7 Å². The second-order valence-corrected chi connectivity index (χ2v) is 11.5. The summed E-state index contributed by atoms with van der Waals surface area (Å²) in [5, 5.41) is 3.25. The highest BCUT2D eigenvalue weighted by Gasteiger charge is 2.31. The van der Waals surface area contributed by atoms with Crippen molar-refractivity contribution in [3.05, 3.63) is 101 Å². The summed E-state index contributed by atoms with van der Waals surface area (Å²) >= 11 is 0. The number of benzene rings is 3. The van der Waals surface area contributed by atoms with Crippen molar-refractivity contribution in [1.29, 1.82) is 0 Å². The molecule has 0 saturated carbocycles. The number of hydrogen-bond acceptors (Lipinski definition) is 6. The van der Waals surface area contributed by atoms with E-state index in [9.17, 15) is 18.0 Å². The predicted molar refractivity (Wildman–Crippen MR) is 157 cm³/mol. The SMILES string of the molecule is COc1ccc(S(=O)(=O)NCCn2c(C(=O)N3CCNCC3)c(-c3ccccc3)n(-c3ccccc3C)c2=O)cc1. The number of ether oxygens (including phenoxy) is 1. The molecule has 0 atom stereocenters. The van der Waals surface area contributed by atoms with Gasteiger partial charge in [-0.15, -0.1) is 0 Å². The van der Waals surface area contributed by atoms with Crippen LogP contribution < -0.4 is 20.5 Å². The molecule has 214 valence electrons. The minimum atomic E-state index is -3.87. The van der Waals surface area contributed by atoms with E-state index in [-0.39, 0.29) is 29.6 Å². The Hall–Kier alpha value is -4.19. The lowest BCUT2D eigenvalue weighted by Gasteiger charge is -2.28. The van der Waals surface area contributed by atoms with Crippen molar-refractivity contribution in [1.82, 2.24) is 24.1 Å². The van der Waals surface area contributed by atoms with Gasteiger partial charge in [-0.25, -0.2) is 17.9 Å². The van der Waals surface area contributed by atoms with Gasteiger partial charge in [0.15, 0.2) is 0 Å². The Morgan fingerprint density at radius 2 is 1.61 bits per heavy atom. The van der Waals surface area contributed by atoms with Gasteiger partial charge in [-0.1, -0.05) is 48.5 Å². The van der Waals surface area contributed by atoms with Gasteiger partial charge in [-0.3, -0.25) is 13.9 Å². The maximum Gasteiger partial charge on any atom is 0.333 e. The average molecular weight is 576 g/mol. The number of imidazole rings is 1. The van der Waals surface area contributed by atoms with Crippen molar-refractivity contribution in [2.45, 2.75) is 18.4 Å². The highest BCUT2D eigenvalue weighted by Crippen LogP contribution is 2.29. The minimum Gasteiger partial charge on any atom is -0.497 e. The first-order valence-corrected chi connectivity index (χ1v) is 14.9. The number of para-hydroxylation sites is 1. The summed E-state index contributed by atoms with van der Waals surface area (Å²) in [4.78, 5) is 30.1. The molecule has 0 bridgehead atoms. The molecule has 5 rings (SSSR count). The molecule has 1 amide bonds. The summed E-state index contributed by atoms with van der Waals surface area (Å²) in [7, 11) is -2.36. The van der Waals surface area contributed by atoms with Gasteiger partial charge in [0.2, 0.25) is 10.0 Å². The second kappa shape index (κ2) is 12.1. The first-order chi connectivity index (χ1) is 19.8. The largest absolute Gasteiger partial charge is 0.497 e. The molecule has 1 aliphatic rings. The van der Waals surface area contributed by atoms with Crippen molar-refractivity contribution in [2.24, 2.45) is 0 Å². The summed E-state index contributed by atoms with van der Waals surface area (Å²) in [5.74, 6) is 0.269. The first-order valence-electron chi connectivity index (χ1n) is 13.4. The number of nitrogens with one attached hydrogen (secondary N) is 2. The van der Waals surface area contributed by atoms with Crippen LogP contribution in [-0.4, -0.2) is 68.2 Å². The standard InChI is InChI=1S/C30H33N5O5S/c1-22-8-6-7-11-26(22)35-27(23-9-4-3-5-10-23)28(29(36)33-19-16-31-17-20-33)34(30(35)37)21-18-32-41(38,39)25-14-12-24(40-2)13-15-25/h3-15,31-32H,16-21H2,1-2H3. The van der Waals surface area contributed by atoms with Crippen LogP contribution in [0.15, 0.2) is 88.6 Å². The predicted octanol–water partition coefficient (Wildman–Crippen LogP) is 2.65. The number of amides is 1. The van der Waals surface area contributed by atoms with E-state index < -0.39 is 15.7 Å². The van der Waals surface area contributed by atoms with Crippen LogP contribution in [0.25, 0.3) is 16.9 Å². The Kier molecular flexibility index (Phi) is 8.39. The van der Waals surface area contributed by atoms with Gasteiger partial charge in [0.25, 0.3) is 5.91 Å². The lowest BCUT2D eigenvalue weighted by Crippen LogP contribution is -2.47. The van der Waals surface area contributed by atoms with Crippen molar-refractivity contribution in [2.75, 3.05) is 39.8 Å². The third kappa shape index (κ3) is 5.83. The third-order valence-electron chi connectivity index (χ3n) is 7.15. The van der Waals surface area contributed by atoms with Crippen LogP contribution in [0.3, 0.4) is 0 Å². The van der Waals surface area contributed by atoms with Crippen LogP contribution in [-0.2, 0) is 16.6 Å². The quantitative estimate of drug-likeness (QED) is 0.317. The van der Waals surface area contributed by atoms with Gasteiger partial charge >= 0.3 is 5.69 Å². The zero-order chi connectivity index (χ0) is 29.0. The fourth-order valence-electron chi connectivity index (χ4n) is 5.02. The maximum absolute atomic E-state index is 14.2. The zero-order valence-electron chi connectivity index (χ0n) is 23.0. The molecule has 1 saturated heterocycles. The monoisotopic (exact) mass is 575 g/mol. The Labute approximate surface area is 239 Å². The van der Waals surface area contributed by atoms with E-state index in [4.69, 9.17) is 4.74 Å². The number of nitrogens with zero attached hydrogens (tertiary/aromatic N) is 3. The number of aromatic nitrogens is 2. The van der Waals surface area contributed by atoms with E-state index in [0.29, 0.717) is 48.9 Å². The molecule has 1 aromatic heterocycles.